The predicted octanol–water partition coefficient (Wildman–Crippen LogP) is 0.859. The summed E-state index contributed by atoms with van der Waals surface area (Å²) in [7, 11) is 1.97. The molecule has 1 unspecified atom stereocenters. The molecule has 82 valence electrons. The van der Waals surface area contributed by atoms with E-state index in [9.17, 15) is 0 Å². The summed E-state index contributed by atoms with van der Waals surface area (Å²) in [4.78, 5) is 0. The van der Waals surface area contributed by atoms with Gasteiger partial charge in [0.1, 0.15) is 0 Å². The van der Waals surface area contributed by atoms with Gasteiger partial charge in [0.15, 0.2) is 0 Å². The van der Waals surface area contributed by atoms with Gasteiger partial charge in [0.2, 0.25) is 0 Å². The molecule has 1 aromatic carbocycles. The van der Waals surface area contributed by atoms with Crippen molar-refractivity contribution in [1.82, 2.24) is 0 Å². The van der Waals surface area contributed by atoms with Crippen LogP contribution in [0.4, 0.5) is 0 Å². The van der Waals surface area contributed by atoms with E-state index in [1.165, 1.54) is 10.9 Å². The molecule has 0 bridgehead atoms. The maximum atomic E-state index is 4.00. The SMILES string of the molecule is CC(C)(C)c1ccccc1[PH3+].NN.[OH-]. The standard InChI is InChI=1S/C10H15P.H4N2.H2O/c1-10(2,3)8-6-4-5-7-9(8)11;1-2;/h4-7H,11H2,1-3H3;1-2H2;1H2. The first-order valence-electron chi connectivity index (χ1n) is 4.26. The van der Waals surface area contributed by atoms with E-state index in [0.29, 0.717) is 5.41 Å². The molecule has 0 saturated carbocycles. The molecule has 1 rings (SSSR count). The van der Waals surface area contributed by atoms with Gasteiger partial charge >= 0.3 is 0 Å². The largest absolute Gasteiger partial charge is 0.870 e. The molecule has 5 N–H and O–H groups in total. The number of benzene rings is 1. The number of rotatable bonds is 0. The van der Waals surface area contributed by atoms with E-state index in [1.807, 2.05) is 9.24 Å². The van der Waals surface area contributed by atoms with E-state index < -0.39 is 0 Å². The van der Waals surface area contributed by atoms with Gasteiger partial charge in [-0.15, -0.1) is 0 Å². The van der Waals surface area contributed by atoms with Crippen LogP contribution >= 0.6 is 9.24 Å². The van der Waals surface area contributed by atoms with Crippen LogP contribution in [0.1, 0.15) is 26.3 Å². The Balaban J connectivity index is 0. The lowest BCUT2D eigenvalue weighted by Gasteiger charge is -2.18. The lowest BCUT2D eigenvalue weighted by Crippen LogP contribution is -2.18. The van der Waals surface area contributed by atoms with Crippen molar-refractivity contribution in [2.24, 2.45) is 11.7 Å². The Kier molecular flexibility index (Phi) is 7.88. The monoisotopic (exact) mass is 216 g/mol. The Bertz CT molecular complexity index is 259. The van der Waals surface area contributed by atoms with Gasteiger partial charge in [-0.1, -0.05) is 39.0 Å². The van der Waals surface area contributed by atoms with E-state index in [-0.39, 0.29) is 5.48 Å². The third-order valence-corrected chi connectivity index (χ3v) is 2.44. The Morgan fingerprint density at radius 2 is 1.50 bits per heavy atom. The smallest absolute Gasteiger partial charge is 0.0902 e. The van der Waals surface area contributed by atoms with Gasteiger partial charge in [0.25, 0.3) is 0 Å². The molecule has 0 aliphatic carbocycles. The highest BCUT2D eigenvalue weighted by atomic mass is 31.0. The Hall–Kier alpha value is -0.470. The molecule has 0 amide bonds. The van der Waals surface area contributed by atoms with Gasteiger partial charge in [-0.25, -0.2) is 0 Å². The molecular formula is C10H21N2OP. The highest BCUT2D eigenvalue weighted by molar-refractivity contribution is 7.27. The zero-order valence-electron chi connectivity index (χ0n) is 9.12. The normalized spacial score (nSPS) is 9.79. The molecule has 0 fully saturated rings. The molecule has 0 saturated heterocycles. The summed E-state index contributed by atoms with van der Waals surface area (Å²) in [5.41, 5.74) is 1.75. The van der Waals surface area contributed by atoms with Crippen LogP contribution in [0.3, 0.4) is 0 Å². The summed E-state index contributed by atoms with van der Waals surface area (Å²) in [5.74, 6) is 8.00. The van der Waals surface area contributed by atoms with Crippen LogP contribution in [0.25, 0.3) is 0 Å². The Morgan fingerprint density at radius 3 is 1.79 bits per heavy atom. The molecule has 3 nitrogen and oxygen atoms in total. The van der Waals surface area contributed by atoms with Crippen LogP contribution < -0.4 is 17.0 Å². The molecule has 0 heterocycles. The molecule has 0 radical (unpaired) electrons. The summed E-state index contributed by atoms with van der Waals surface area (Å²) < 4.78 is 0. The second kappa shape index (κ2) is 6.91. The first-order valence-corrected chi connectivity index (χ1v) is 4.97. The molecule has 1 aromatic rings. The zero-order valence-corrected chi connectivity index (χ0v) is 10.5. The lowest BCUT2D eigenvalue weighted by atomic mass is 9.87. The molecule has 0 spiro atoms. The average Bonchev–Trinajstić information content (AvgIpc) is 2.07. The zero-order chi connectivity index (χ0) is 10.5. The summed E-state index contributed by atoms with van der Waals surface area (Å²) in [6, 6.07) is 8.59. The van der Waals surface area contributed by atoms with Crippen molar-refractivity contribution in [3.8, 4) is 0 Å². The van der Waals surface area contributed by atoms with Gasteiger partial charge in [0.05, 0.1) is 5.30 Å². The van der Waals surface area contributed by atoms with E-state index in [4.69, 9.17) is 0 Å². The number of nitrogens with two attached hydrogens (primary N) is 2. The number of hydrogen-bond acceptors (Lipinski definition) is 3. The van der Waals surface area contributed by atoms with Crippen molar-refractivity contribution in [3.63, 3.8) is 0 Å². The van der Waals surface area contributed by atoms with Crippen LogP contribution in [0, 0.1) is 0 Å². The summed E-state index contributed by atoms with van der Waals surface area (Å²) >= 11 is 0. The van der Waals surface area contributed by atoms with Gasteiger partial charge < -0.3 is 5.48 Å². The molecule has 14 heavy (non-hydrogen) atoms. The van der Waals surface area contributed by atoms with Crippen molar-refractivity contribution in [1.29, 1.82) is 0 Å². The van der Waals surface area contributed by atoms with E-state index in [0.717, 1.165) is 0 Å². The highest BCUT2D eigenvalue weighted by Crippen LogP contribution is 2.20. The predicted molar refractivity (Wildman–Crippen MR) is 66.2 cm³/mol. The number of hydrogen-bond donors (Lipinski definition) is 2. The van der Waals surface area contributed by atoms with E-state index in [1.54, 1.807) is 0 Å². The topological polar surface area (TPSA) is 82.0 Å². The fourth-order valence-corrected chi connectivity index (χ4v) is 2.04. The van der Waals surface area contributed by atoms with Crippen molar-refractivity contribution >= 4 is 14.5 Å². The van der Waals surface area contributed by atoms with Crippen LogP contribution in [0.15, 0.2) is 24.3 Å². The Labute approximate surface area is 88.4 Å². The molecule has 1 atom stereocenters. The first kappa shape index (κ1) is 16.0. The average molecular weight is 216 g/mol. The van der Waals surface area contributed by atoms with Crippen molar-refractivity contribution in [2.75, 3.05) is 0 Å². The van der Waals surface area contributed by atoms with Gasteiger partial charge in [-0.05, 0) is 17.0 Å². The summed E-state index contributed by atoms with van der Waals surface area (Å²) in [6.45, 7) is 6.75. The van der Waals surface area contributed by atoms with Gasteiger partial charge in [-0.2, -0.15) is 0 Å². The minimum absolute atomic E-state index is 0. The minimum atomic E-state index is 0. The van der Waals surface area contributed by atoms with E-state index in [2.05, 4.69) is 56.7 Å². The van der Waals surface area contributed by atoms with Crippen molar-refractivity contribution in [3.05, 3.63) is 29.8 Å². The van der Waals surface area contributed by atoms with Crippen molar-refractivity contribution < 1.29 is 5.48 Å². The summed E-state index contributed by atoms with van der Waals surface area (Å²) in [6.07, 6.45) is 0. The highest BCUT2D eigenvalue weighted by Gasteiger charge is 2.16. The molecule has 4 heteroatoms. The van der Waals surface area contributed by atoms with E-state index >= 15 is 0 Å². The fourth-order valence-electron chi connectivity index (χ4n) is 1.25. The first-order chi connectivity index (χ1) is 6.02. The second-order valence-electron chi connectivity index (χ2n) is 3.91. The van der Waals surface area contributed by atoms with Crippen LogP contribution in [-0.4, -0.2) is 5.48 Å². The van der Waals surface area contributed by atoms with Gasteiger partial charge in [-0.3, -0.25) is 11.7 Å². The second-order valence-corrected chi connectivity index (χ2v) is 4.67. The van der Waals surface area contributed by atoms with Crippen LogP contribution in [-0.2, 0) is 5.41 Å². The van der Waals surface area contributed by atoms with Crippen LogP contribution in [0.2, 0.25) is 0 Å². The van der Waals surface area contributed by atoms with Crippen LogP contribution in [0.5, 0.6) is 0 Å². The molecule has 0 aromatic heterocycles. The van der Waals surface area contributed by atoms with Crippen molar-refractivity contribution in [2.45, 2.75) is 26.2 Å². The Morgan fingerprint density at radius 1 is 1.07 bits per heavy atom. The molecule has 0 aliphatic rings. The third kappa shape index (κ3) is 4.68. The lowest BCUT2D eigenvalue weighted by molar-refractivity contribution is 0.594. The van der Waals surface area contributed by atoms with Gasteiger partial charge in [0, 0.05) is 9.24 Å². The maximum absolute atomic E-state index is 4.00. The maximum Gasteiger partial charge on any atom is 0.0902 e. The summed E-state index contributed by atoms with van der Waals surface area (Å²) in [5, 5.41) is 1.42. The third-order valence-electron chi connectivity index (χ3n) is 1.83. The minimum Gasteiger partial charge on any atom is -0.870 e. The molecular weight excluding hydrogens is 195 g/mol. The number of hydrazine groups is 1. The fraction of sp³-hybridized carbons (Fsp3) is 0.400. The molecule has 0 aliphatic heterocycles. The quantitative estimate of drug-likeness (QED) is 0.383.